The predicted molar refractivity (Wildman–Crippen MR) is 272 cm³/mol. The van der Waals surface area contributed by atoms with Gasteiger partial charge < -0.3 is 17.7 Å². The highest BCUT2D eigenvalue weighted by Gasteiger charge is 2.26. The van der Waals surface area contributed by atoms with E-state index >= 15 is 0 Å². The van der Waals surface area contributed by atoms with Crippen LogP contribution >= 0.6 is 0 Å². The zero-order chi connectivity index (χ0) is 43.0. The molecule has 0 aliphatic carbocycles. The maximum Gasteiger partial charge on any atom is 0.143 e. The Hall–Kier alpha value is -8.86. The Morgan fingerprint density at radius 3 is 1.17 bits per heavy atom. The average molecular weight is 843 g/mol. The highest BCUT2D eigenvalue weighted by molar-refractivity contribution is 6.29. The predicted octanol–water partition coefficient (Wildman–Crippen LogP) is 18.3. The fraction of sp³-hybridized carbons (Fsp3) is 0. The van der Waals surface area contributed by atoms with E-state index in [9.17, 15) is 0 Å². The van der Waals surface area contributed by atoms with Crippen LogP contribution in [0.4, 0.5) is 0 Å². The van der Waals surface area contributed by atoms with Crippen LogP contribution < -0.4 is 0 Å². The van der Waals surface area contributed by atoms with Gasteiger partial charge in [-0.15, -0.1) is 0 Å². The lowest BCUT2D eigenvalue weighted by atomic mass is 9.84. The molecule has 0 aliphatic rings. The Bertz CT molecular complexity index is 4480. The van der Waals surface area contributed by atoms with Gasteiger partial charge >= 0.3 is 0 Å². The summed E-state index contributed by atoms with van der Waals surface area (Å²) in [6, 6.07) is 73.0. The minimum atomic E-state index is 0.850. The fourth-order valence-corrected chi connectivity index (χ4v) is 11.1. The summed E-state index contributed by atoms with van der Waals surface area (Å²) in [4.78, 5) is 0. The first-order chi connectivity index (χ1) is 32.7. The minimum Gasteiger partial charge on any atom is -0.456 e. The van der Waals surface area contributed by atoms with Gasteiger partial charge in [0.2, 0.25) is 0 Å². The molecule has 0 atom stereocenters. The van der Waals surface area contributed by atoms with Gasteiger partial charge in [0.15, 0.2) is 0 Å². The molecule has 0 amide bonds. The van der Waals surface area contributed by atoms with Gasteiger partial charge in [0.25, 0.3) is 0 Å². The Balaban J connectivity index is 1.01. The molecule has 15 rings (SSSR count). The number of furan rings is 4. The van der Waals surface area contributed by atoms with Crippen LogP contribution in [0, 0.1) is 0 Å². The number of fused-ring (bicyclic) bond motifs is 14. The molecule has 15 aromatic rings. The van der Waals surface area contributed by atoms with E-state index in [1.54, 1.807) is 0 Å². The Kier molecular flexibility index (Phi) is 7.19. The molecule has 0 N–H and O–H groups in total. The Morgan fingerprint density at radius 2 is 0.591 bits per heavy atom. The molecule has 0 saturated carbocycles. The van der Waals surface area contributed by atoms with Gasteiger partial charge in [0.1, 0.15) is 44.7 Å². The van der Waals surface area contributed by atoms with E-state index in [4.69, 9.17) is 17.7 Å². The summed E-state index contributed by atoms with van der Waals surface area (Å²) < 4.78 is 26.7. The van der Waals surface area contributed by atoms with Crippen molar-refractivity contribution in [2.24, 2.45) is 0 Å². The van der Waals surface area contributed by atoms with Crippen LogP contribution in [0.3, 0.4) is 0 Å². The van der Waals surface area contributed by atoms with E-state index in [-0.39, 0.29) is 0 Å². The number of hydrogen-bond acceptors (Lipinski definition) is 4. The molecule has 4 aromatic heterocycles. The summed E-state index contributed by atoms with van der Waals surface area (Å²) in [5, 5.41) is 13.3. The first-order valence-corrected chi connectivity index (χ1v) is 22.4. The molecular formula is C62H34O4. The van der Waals surface area contributed by atoms with E-state index in [1.807, 2.05) is 24.3 Å². The highest BCUT2D eigenvalue weighted by Crippen LogP contribution is 2.52. The van der Waals surface area contributed by atoms with Crippen molar-refractivity contribution in [1.29, 1.82) is 0 Å². The molecule has 0 aliphatic heterocycles. The van der Waals surface area contributed by atoms with Crippen molar-refractivity contribution in [3.05, 3.63) is 206 Å². The summed E-state index contributed by atoms with van der Waals surface area (Å²) in [7, 11) is 0. The number of hydrogen-bond donors (Lipinski definition) is 0. The molecule has 0 radical (unpaired) electrons. The van der Waals surface area contributed by atoms with E-state index in [2.05, 4.69) is 182 Å². The molecule has 0 bridgehead atoms. The topological polar surface area (TPSA) is 52.6 Å². The van der Waals surface area contributed by atoms with E-state index in [0.717, 1.165) is 154 Å². The quantitative estimate of drug-likeness (QED) is 0.166. The van der Waals surface area contributed by atoms with Crippen molar-refractivity contribution < 1.29 is 17.7 Å². The van der Waals surface area contributed by atoms with Gasteiger partial charge in [-0.1, -0.05) is 152 Å². The average Bonchev–Trinajstić information content (AvgIpc) is 4.16. The molecule has 0 spiro atoms. The van der Waals surface area contributed by atoms with Crippen molar-refractivity contribution in [3.8, 4) is 44.5 Å². The van der Waals surface area contributed by atoms with Crippen LogP contribution in [0.2, 0.25) is 0 Å². The number of para-hydroxylation sites is 4. The van der Waals surface area contributed by atoms with Crippen molar-refractivity contribution >= 4 is 109 Å². The molecule has 0 fully saturated rings. The van der Waals surface area contributed by atoms with Crippen LogP contribution in [0.5, 0.6) is 0 Å². The fourth-order valence-electron chi connectivity index (χ4n) is 11.1. The van der Waals surface area contributed by atoms with Crippen molar-refractivity contribution in [2.45, 2.75) is 0 Å². The summed E-state index contributed by atoms with van der Waals surface area (Å²) in [6.07, 6.45) is 0. The van der Waals surface area contributed by atoms with Crippen LogP contribution in [0.25, 0.3) is 154 Å². The van der Waals surface area contributed by atoms with Gasteiger partial charge in [-0.25, -0.2) is 0 Å². The summed E-state index contributed by atoms with van der Waals surface area (Å²) in [5.41, 5.74) is 15.7. The molecule has 11 aromatic carbocycles. The first kappa shape index (κ1) is 35.6. The third-order valence-corrected chi connectivity index (χ3v) is 13.9. The molecule has 0 saturated heterocycles. The molecular weight excluding hydrogens is 809 g/mol. The lowest BCUT2D eigenvalue weighted by Crippen LogP contribution is -1.92. The zero-order valence-electron chi connectivity index (χ0n) is 35.3. The molecule has 66 heavy (non-hydrogen) atoms. The SMILES string of the molecule is c1ccc2c(c1)oc1ccc(-c3ccc(-c4c5ccccc5c(-c5ccc(-c6cccc7oc8ccccc8c67)c6c5oc5ccccc56)c5ccccc45)c4oc5ccccc5c34)cc12. The van der Waals surface area contributed by atoms with Gasteiger partial charge in [0.05, 0.1) is 0 Å². The van der Waals surface area contributed by atoms with Gasteiger partial charge in [-0.05, 0) is 98.4 Å². The molecule has 4 heteroatoms. The highest BCUT2D eigenvalue weighted by atomic mass is 16.3. The largest absolute Gasteiger partial charge is 0.456 e. The van der Waals surface area contributed by atoms with Gasteiger partial charge in [-0.3, -0.25) is 0 Å². The minimum absolute atomic E-state index is 0.850. The zero-order valence-corrected chi connectivity index (χ0v) is 35.3. The molecule has 0 unspecified atom stereocenters. The lowest BCUT2D eigenvalue weighted by molar-refractivity contribution is 0.668. The maximum absolute atomic E-state index is 7.04. The second-order valence-corrected chi connectivity index (χ2v) is 17.4. The third kappa shape index (κ3) is 4.87. The summed E-state index contributed by atoms with van der Waals surface area (Å²) in [5.74, 6) is 0. The molecule has 4 heterocycles. The van der Waals surface area contributed by atoms with Crippen LogP contribution in [-0.4, -0.2) is 0 Å². The van der Waals surface area contributed by atoms with Crippen molar-refractivity contribution in [1.82, 2.24) is 0 Å². The van der Waals surface area contributed by atoms with Crippen LogP contribution in [0.1, 0.15) is 0 Å². The molecule has 4 nitrogen and oxygen atoms in total. The maximum atomic E-state index is 7.04. The number of benzene rings is 11. The second-order valence-electron chi connectivity index (χ2n) is 17.4. The summed E-state index contributed by atoms with van der Waals surface area (Å²) >= 11 is 0. The van der Waals surface area contributed by atoms with E-state index in [0.29, 0.717) is 0 Å². The monoisotopic (exact) mass is 842 g/mol. The smallest absolute Gasteiger partial charge is 0.143 e. The lowest BCUT2D eigenvalue weighted by Gasteiger charge is -2.19. The second kappa shape index (κ2) is 13.3. The third-order valence-electron chi connectivity index (χ3n) is 13.9. The normalized spacial score (nSPS) is 12.2. The van der Waals surface area contributed by atoms with E-state index in [1.165, 1.54) is 0 Å². The number of rotatable bonds is 4. The van der Waals surface area contributed by atoms with E-state index < -0.39 is 0 Å². The summed E-state index contributed by atoms with van der Waals surface area (Å²) in [6.45, 7) is 0. The van der Waals surface area contributed by atoms with Gasteiger partial charge in [0, 0.05) is 65.3 Å². The van der Waals surface area contributed by atoms with Crippen LogP contribution in [0.15, 0.2) is 224 Å². The Morgan fingerprint density at radius 1 is 0.212 bits per heavy atom. The van der Waals surface area contributed by atoms with Crippen LogP contribution in [-0.2, 0) is 0 Å². The van der Waals surface area contributed by atoms with Gasteiger partial charge in [-0.2, -0.15) is 0 Å². The first-order valence-electron chi connectivity index (χ1n) is 22.4. The van der Waals surface area contributed by atoms with Crippen molar-refractivity contribution in [3.63, 3.8) is 0 Å². The standard InChI is InChI=1S/C62H34O4/c1-3-17-40-38(15-1)56(47-31-29-36(59-45-20-7-11-25-52(45)65-61(47)59)35-28-33-54-49(34-35)37-14-5-9-23-50(37)63-54)39-16-2-4-18-41(39)57(40)48-32-30-43(60-46-21-8-12-26-53(46)66-62(48)60)42-22-13-27-55-58(42)44-19-6-10-24-51(44)64-55/h1-34H. The Labute approximate surface area is 376 Å². The molecule has 306 valence electrons. The van der Waals surface area contributed by atoms with Crippen molar-refractivity contribution in [2.75, 3.05) is 0 Å².